The van der Waals surface area contributed by atoms with Crippen LogP contribution in [0.3, 0.4) is 0 Å². The van der Waals surface area contributed by atoms with Gasteiger partial charge in [0.15, 0.2) is 0 Å². The molecular formula is C21H22N4O3. The zero-order valence-electron chi connectivity index (χ0n) is 16.2. The standard InChI is InChI=1S/C21H22N4O3/c1-12-5-8-17(11-13(12)2)25-21(28)19(15(4)24-25)14(3)22-23-20(27)16-6-9-18(26)10-7-16/h5-11,24,26H,1-4H3,(H,23,27). The molecule has 0 atom stereocenters. The van der Waals surface area contributed by atoms with Gasteiger partial charge in [0, 0.05) is 11.3 Å². The number of hydrogen-bond acceptors (Lipinski definition) is 4. The number of phenolic OH excluding ortho intramolecular Hbond substituents is 1. The summed E-state index contributed by atoms with van der Waals surface area (Å²) in [4.78, 5) is 25.1. The fourth-order valence-electron chi connectivity index (χ4n) is 2.89. The lowest BCUT2D eigenvalue weighted by molar-refractivity contribution is 0.0955. The van der Waals surface area contributed by atoms with Crippen LogP contribution in [0.4, 0.5) is 0 Å². The molecule has 3 aromatic rings. The summed E-state index contributed by atoms with van der Waals surface area (Å²) >= 11 is 0. The van der Waals surface area contributed by atoms with Crippen molar-refractivity contribution in [3.8, 4) is 11.4 Å². The number of benzene rings is 2. The molecule has 1 amide bonds. The Morgan fingerprint density at radius 1 is 1.07 bits per heavy atom. The van der Waals surface area contributed by atoms with Gasteiger partial charge in [0.25, 0.3) is 11.5 Å². The molecule has 0 aliphatic carbocycles. The number of carbonyl (C=O) groups is 1. The van der Waals surface area contributed by atoms with E-state index in [4.69, 9.17) is 0 Å². The molecule has 0 saturated heterocycles. The first-order chi connectivity index (χ1) is 13.3. The zero-order chi connectivity index (χ0) is 20.4. The minimum Gasteiger partial charge on any atom is -0.508 e. The number of phenols is 1. The minimum absolute atomic E-state index is 0.0751. The highest BCUT2D eigenvalue weighted by molar-refractivity contribution is 6.01. The van der Waals surface area contributed by atoms with Gasteiger partial charge in [0.2, 0.25) is 0 Å². The van der Waals surface area contributed by atoms with Gasteiger partial charge < -0.3 is 5.11 Å². The third-order valence-corrected chi connectivity index (χ3v) is 4.64. The van der Waals surface area contributed by atoms with Crippen molar-refractivity contribution in [1.29, 1.82) is 0 Å². The Morgan fingerprint density at radius 2 is 1.75 bits per heavy atom. The van der Waals surface area contributed by atoms with Crippen LogP contribution in [0.15, 0.2) is 52.4 Å². The van der Waals surface area contributed by atoms with E-state index >= 15 is 0 Å². The van der Waals surface area contributed by atoms with E-state index in [0.29, 0.717) is 22.5 Å². The predicted octanol–water partition coefficient (Wildman–Crippen LogP) is 2.95. The van der Waals surface area contributed by atoms with Crippen molar-refractivity contribution < 1.29 is 9.90 Å². The first kappa shape index (κ1) is 19.2. The molecule has 1 heterocycles. The van der Waals surface area contributed by atoms with E-state index in [9.17, 15) is 14.7 Å². The number of aromatic hydroxyl groups is 1. The van der Waals surface area contributed by atoms with Gasteiger partial charge in [-0.1, -0.05) is 6.07 Å². The maximum Gasteiger partial charge on any atom is 0.280 e. The molecule has 2 aromatic carbocycles. The zero-order valence-corrected chi connectivity index (χ0v) is 16.2. The summed E-state index contributed by atoms with van der Waals surface area (Å²) in [6.45, 7) is 7.46. The van der Waals surface area contributed by atoms with Crippen LogP contribution in [-0.2, 0) is 0 Å². The van der Waals surface area contributed by atoms with Crippen molar-refractivity contribution in [1.82, 2.24) is 15.2 Å². The number of carbonyl (C=O) groups excluding carboxylic acids is 1. The Kier molecular flexibility index (Phi) is 5.17. The molecule has 0 fully saturated rings. The third kappa shape index (κ3) is 3.73. The maximum absolute atomic E-state index is 12.9. The van der Waals surface area contributed by atoms with Crippen LogP contribution < -0.4 is 11.0 Å². The van der Waals surface area contributed by atoms with Crippen molar-refractivity contribution in [3.05, 3.63) is 80.8 Å². The second kappa shape index (κ2) is 7.56. The van der Waals surface area contributed by atoms with Gasteiger partial charge in [-0.2, -0.15) is 5.10 Å². The summed E-state index contributed by atoms with van der Waals surface area (Å²) in [6, 6.07) is 11.6. The van der Waals surface area contributed by atoms with Crippen LogP contribution >= 0.6 is 0 Å². The Labute approximate surface area is 162 Å². The SMILES string of the molecule is CC(=NNC(=O)c1ccc(O)cc1)c1c(C)[nH]n(-c2ccc(C)c(C)c2)c1=O. The lowest BCUT2D eigenvalue weighted by Gasteiger charge is -2.05. The monoisotopic (exact) mass is 378 g/mol. The fourth-order valence-corrected chi connectivity index (χ4v) is 2.89. The van der Waals surface area contributed by atoms with Gasteiger partial charge in [-0.05, 0) is 75.2 Å². The minimum atomic E-state index is -0.429. The maximum atomic E-state index is 12.9. The molecule has 0 aliphatic rings. The highest BCUT2D eigenvalue weighted by Crippen LogP contribution is 2.14. The van der Waals surface area contributed by atoms with Crippen LogP contribution in [0.2, 0.25) is 0 Å². The third-order valence-electron chi connectivity index (χ3n) is 4.64. The Balaban J connectivity index is 1.88. The lowest BCUT2D eigenvalue weighted by atomic mass is 10.1. The molecule has 0 spiro atoms. The van der Waals surface area contributed by atoms with Crippen molar-refractivity contribution >= 4 is 11.6 Å². The average molecular weight is 378 g/mol. The number of rotatable bonds is 4. The van der Waals surface area contributed by atoms with Crippen LogP contribution in [0.5, 0.6) is 5.75 Å². The van der Waals surface area contributed by atoms with E-state index in [0.717, 1.165) is 16.8 Å². The van der Waals surface area contributed by atoms with Gasteiger partial charge >= 0.3 is 0 Å². The number of hydrogen-bond donors (Lipinski definition) is 3. The largest absolute Gasteiger partial charge is 0.508 e. The van der Waals surface area contributed by atoms with E-state index in [1.54, 1.807) is 13.8 Å². The quantitative estimate of drug-likeness (QED) is 0.481. The van der Waals surface area contributed by atoms with E-state index < -0.39 is 5.91 Å². The molecule has 0 aliphatic heterocycles. The Bertz CT molecular complexity index is 1120. The van der Waals surface area contributed by atoms with Gasteiger partial charge in [0.1, 0.15) is 5.75 Å². The molecule has 28 heavy (non-hydrogen) atoms. The highest BCUT2D eigenvalue weighted by Gasteiger charge is 2.16. The Morgan fingerprint density at radius 3 is 2.39 bits per heavy atom. The summed E-state index contributed by atoms with van der Waals surface area (Å²) in [5.74, 6) is -0.354. The number of nitrogens with one attached hydrogen (secondary N) is 2. The number of H-pyrrole nitrogens is 1. The van der Waals surface area contributed by atoms with Crippen LogP contribution in [0.25, 0.3) is 5.69 Å². The molecule has 7 nitrogen and oxygen atoms in total. The van der Waals surface area contributed by atoms with E-state index in [2.05, 4.69) is 15.6 Å². The molecule has 3 N–H and O–H groups in total. The van der Waals surface area contributed by atoms with E-state index in [-0.39, 0.29) is 11.3 Å². The van der Waals surface area contributed by atoms with Gasteiger partial charge in [0.05, 0.1) is 17.0 Å². The number of nitrogens with zero attached hydrogens (tertiary/aromatic N) is 2. The fraction of sp³-hybridized carbons (Fsp3) is 0.190. The molecular weight excluding hydrogens is 356 g/mol. The first-order valence-corrected chi connectivity index (χ1v) is 8.81. The van der Waals surface area contributed by atoms with Crippen molar-refractivity contribution in [3.63, 3.8) is 0 Å². The topological polar surface area (TPSA) is 99.5 Å². The molecule has 0 saturated carbocycles. The summed E-state index contributed by atoms with van der Waals surface area (Å²) in [7, 11) is 0. The molecule has 0 radical (unpaired) electrons. The Hall–Kier alpha value is -3.61. The summed E-state index contributed by atoms with van der Waals surface area (Å²) in [5.41, 5.74) is 7.00. The number of aromatic nitrogens is 2. The van der Waals surface area contributed by atoms with Gasteiger partial charge in [-0.15, -0.1) is 0 Å². The lowest BCUT2D eigenvalue weighted by Crippen LogP contribution is -2.23. The second-order valence-electron chi connectivity index (χ2n) is 6.71. The number of amides is 1. The second-order valence-corrected chi connectivity index (χ2v) is 6.71. The molecule has 0 unspecified atom stereocenters. The van der Waals surface area contributed by atoms with Crippen molar-refractivity contribution in [2.24, 2.45) is 5.10 Å². The van der Waals surface area contributed by atoms with Crippen molar-refractivity contribution in [2.75, 3.05) is 0 Å². The molecule has 0 bridgehead atoms. The van der Waals surface area contributed by atoms with Gasteiger partial charge in [-0.3, -0.25) is 14.7 Å². The number of aromatic amines is 1. The normalized spacial score (nSPS) is 11.5. The molecule has 144 valence electrons. The molecule has 1 aromatic heterocycles. The highest BCUT2D eigenvalue weighted by atomic mass is 16.3. The van der Waals surface area contributed by atoms with Crippen molar-refractivity contribution in [2.45, 2.75) is 27.7 Å². The predicted molar refractivity (Wildman–Crippen MR) is 108 cm³/mol. The first-order valence-electron chi connectivity index (χ1n) is 8.81. The van der Waals surface area contributed by atoms with Crippen LogP contribution in [-0.4, -0.2) is 26.5 Å². The van der Waals surface area contributed by atoms with E-state index in [1.807, 2.05) is 32.0 Å². The average Bonchev–Trinajstić information content (AvgIpc) is 2.96. The molecule has 3 rings (SSSR count). The smallest absolute Gasteiger partial charge is 0.280 e. The summed E-state index contributed by atoms with van der Waals surface area (Å²) in [5, 5.41) is 16.4. The number of hydrazone groups is 1. The van der Waals surface area contributed by atoms with E-state index in [1.165, 1.54) is 28.9 Å². The summed E-state index contributed by atoms with van der Waals surface area (Å²) in [6.07, 6.45) is 0. The molecule has 7 heteroatoms. The van der Waals surface area contributed by atoms with Gasteiger partial charge in [-0.25, -0.2) is 10.1 Å². The summed E-state index contributed by atoms with van der Waals surface area (Å²) < 4.78 is 1.47. The van der Waals surface area contributed by atoms with Crippen LogP contribution in [0, 0.1) is 20.8 Å². The van der Waals surface area contributed by atoms with Crippen LogP contribution in [0.1, 0.15) is 39.7 Å². The number of aryl methyl sites for hydroxylation is 3.